The summed E-state index contributed by atoms with van der Waals surface area (Å²) in [6.07, 6.45) is 4.00. The third kappa shape index (κ3) is 3.32. The van der Waals surface area contributed by atoms with Crippen LogP contribution in [0.25, 0.3) is 0 Å². The van der Waals surface area contributed by atoms with E-state index >= 15 is 0 Å². The maximum absolute atomic E-state index is 12.6. The Bertz CT molecular complexity index is 513. The molecular weight excluding hydrogens is 264 g/mol. The van der Waals surface area contributed by atoms with Crippen molar-refractivity contribution in [2.75, 3.05) is 6.54 Å². The van der Waals surface area contributed by atoms with Gasteiger partial charge >= 0.3 is 0 Å². The van der Waals surface area contributed by atoms with Gasteiger partial charge in [0.15, 0.2) is 0 Å². The molecule has 2 rings (SSSR count). The van der Waals surface area contributed by atoms with E-state index in [-0.39, 0.29) is 11.8 Å². The van der Waals surface area contributed by atoms with Crippen LogP contribution in [0.5, 0.6) is 0 Å². The summed E-state index contributed by atoms with van der Waals surface area (Å²) in [6.45, 7) is 6.24. The minimum Gasteiger partial charge on any atom is -0.342 e. The SMILES string of the molecule is C=CCCN1C(=O)C(CCC)NC(=O)C1c1ccccc1. The molecule has 0 spiro atoms. The Balaban J connectivity index is 2.30. The molecule has 1 aromatic rings. The first-order valence-electron chi connectivity index (χ1n) is 7.45. The molecule has 0 saturated carbocycles. The molecule has 4 heteroatoms. The molecule has 4 nitrogen and oxygen atoms in total. The van der Waals surface area contributed by atoms with Gasteiger partial charge in [0.1, 0.15) is 12.1 Å². The molecule has 21 heavy (non-hydrogen) atoms. The van der Waals surface area contributed by atoms with Crippen molar-refractivity contribution in [3.63, 3.8) is 0 Å². The predicted octanol–water partition coefficient (Wildman–Crippen LogP) is 2.43. The average Bonchev–Trinajstić information content (AvgIpc) is 2.50. The van der Waals surface area contributed by atoms with Crippen LogP contribution in [0.3, 0.4) is 0 Å². The highest BCUT2D eigenvalue weighted by Gasteiger charge is 2.40. The predicted molar refractivity (Wildman–Crippen MR) is 82.5 cm³/mol. The maximum atomic E-state index is 12.6. The third-order valence-electron chi connectivity index (χ3n) is 3.72. The Morgan fingerprint density at radius 1 is 1.29 bits per heavy atom. The van der Waals surface area contributed by atoms with Crippen molar-refractivity contribution < 1.29 is 9.59 Å². The number of hydrogen-bond donors (Lipinski definition) is 1. The van der Waals surface area contributed by atoms with Gasteiger partial charge in [0.25, 0.3) is 0 Å². The lowest BCUT2D eigenvalue weighted by molar-refractivity contribution is -0.149. The van der Waals surface area contributed by atoms with E-state index in [0.29, 0.717) is 19.4 Å². The summed E-state index contributed by atoms with van der Waals surface area (Å²) >= 11 is 0. The van der Waals surface area contributed by atoms with Crippen LogP contribution in [0.4, 0.5) is 0 Å². The van der Waals surface area contributed by atoms with Gasteiger partial charge in [-0.15, -0.1) is 6.58 Å². The molecule has 2 amide bonds. The molecule has 2 atom stereocenters. The number of nitrogens with one attached hydrogen (secondary N) is 1. The van der Waals surface area contributed by atoms with Crippen molar-refractivity contribution in [1.82, 2.24) is 10.2 Å². The van der Waals surface area contributed by atoms with Gasteiger partial charge in [0.2, 0.25) is 11.8 Å². The topological polar surface area (TPSA) is 49.4 Å². The first-order chi connectivity index (χ1) is 10.2. The van der Waals surface area contributed by atoms with Crippen LogP contribution in [0.2, 0.25) is 0 Å². The van der Waals surface area contributed by atoms with Crippen molar-refractivity contribution in [2.45, 2.75) is 38.3 Å². The third-order valence-corrected chi connectivity index (χ3v) is 3.72. The molecule has 0 radical (unpaired) electrons. The molecule has 2 unspecified atom stereocenters. The second kappa shape index (κ2) is 7.07. The van der Waals surface area contributed by atoms with E-state index in [0.717, 1.165) is 12.0 Å². The molecule has 1 saturated heterocycles. The second-order valence-corrected chi connectivity index (χ2v) is 5.27. The lowest BCUT2D eigenvalue weighted by Gasteiger charge is -2.39. The normalized spacial score (nSPS) is 22.0. The summed E-state index contributed by atoms with van der Waals surface area (Å²) in [4.78, 5) is 26.8. The molecule has 1 aliphatic heterocycles. The van der Waals surface area contributed by atoms with Crippen LogP contribution < -0.4 is 5.32 Å². The van der Waals surface area contributed by atoms with Crippen molar-refractivity contribution in [1.29, 1.82) is 0 Å². The summed E-state index contributed by atoms with van der Waals surface area (Å²) in [7, 11) is 0. The maximum Gasteiger partial charge on any atom is 0.248 e. The van der Waals surface area contributed by atoms with E-state index in [2.05, 4.69) is 11.9 Å². The smallest absolute Gasteiger partial charge is 0.248 e. The number of rotatable bonds is 6. The fourth-order valence-corrected chi connectivity index (χ4v) is 2.70. The van der Waals surface area contributed by atoms with Gasteiger partial charge in [-0.05, 0) is 18.4 Å². The summed E-state index contributed by atoms with van der Waals surface area (Å²) in [5, 5.41) is 2.87. The number of carbonyl (C=O) groups is 2. The summed E-state index contributed by atoms with van der Waals surface area (Å²) < 4.78 is 0. The Labute approximate surface area is 125 Å². The zero-order valence-electron chi connectivity index (χ0n) is 12.4. The number of amides is 2. The van der Waals surface area contributed by atoms with Gasteiger partial charge in [-0.3, -0.25) is 9.59 Å². The zero-order chi connectivity index (χ0) is 15.2. The van der Waals surface area contributed by atoms with Crippen LogP contribution in [-0.4, -0.2) is 29.3 Å². The lowest BCUT2D eigenvalue weighted by Crippen LogP contribution is -2.59. The average molecular weight is 286 g/mol. The summed E-state index contributed by atoms with van der Waals surface area (Å²) in [6, 6.07) is 8.52. The minimum atomic E-state index is -0.535. The van der Waals surface area contributed by atoms with Crippen molar-refractivity contribution in [3.8, 4) is 0 Å². The van der Waals surface area contributed by atoms with E-state index < -0.39 is 12.1 Å². The van der Waals surface area contributed by atoms with E-state index in [1.165, 1.54) is 0 Å². The van der Waals surface area contributed by atoms with Crippen molar-refractivity contribution in [3.05, 3.63) is 48.6 Å². The molecule has 1 fully saturated rings. The van der Waals surface area contributed by atoms with Gasteiger partial charge in [-0.2, -0.15) is 0 Å². The van der Waals surface area contributed by atoms with Crippen LogP contribution in [0.15, 0.2) is 43.0 Å². The van der Waals surface area contributed by atoms with E-state index in [1.54, 1.807) is 11.0 Å². The molecule has 0 aromatic heterocycles. The molecule has 112 valence electrons. The van der Waals surface area contributed by atoms with Crippen molar-refractivity contribution >= 4 is 11.8 Å². The fraction of sp³-hybridized carbons (Fsp3) is 0.412. The number of piperazine rings is 1. The first kappa shape index (κ1) is 15.3. The lowest BCUT2D eigenvalue weighted by atomic mass is 9.97. The zero-order valence-corrected chi connectivity index (χ0v) is 12.4. The molecule has 1 heterocycles. The largest absolute Gasteiger partial charge is 0.342 e. The van der Waals surface area contributed by atoms with Crippen LogP contribution in [0.1, 0.15) is 37.8 Å². The van der Waals surface area contributed by atoms with Gasteiger partial charge in [-0.1, -0.05) is 49.8 Å². The summed E-state index contributed by atoms with van der Waals surface area (Å²) in [5.74, 6) is -0.0875. The first-order valence-corrected chi connectivity index (χ1v) is 7.45. The molecular formula is C17H22N2O2. The van der Waals surface area contributed by atoms with Gasteiger partial charge in [0.05, 0.1) is 0 Å². The highest BCUT2D eigenvalue weighted by Crippen LogP contribution is 2.26. The monoisotopic (exact) mass is 286 g/mol. The fourth-order valence-electron chi connectivity index (χ4n) is 2.70. The van der Waals surface area contributed by atoms with E-state index in [9.17, 15) is 9.59 Å². The molecule has 1 N–H and O–H groups in total. The molecule has 0 aliphatic carbocycles. The van der Waals surface area contributed by atoms with Crippen molar-refractivity contribution in [2.24, 2.45) is 0 Å². The second-order valence-electron chi connectivity index (χ2n) is 5.27. The minimum absolute atomic E-state index is 0.00662. The Hall–Kier alpha value is -2.10. The number of hydrogen-bond acceptors (Lipinski definition) is 2. The number of carbonyl (C=O) groups excluding carboxylic acids is 2. The van der Waals surface area contributed by atoms with E-state index in [4.69, 9.17) is 0 Å². The van der Waals surface area contributed by atoms with Gasteiger partial charge in [-0.25, -0.2) is 0 Å². The Kier molecular flexibility index (Phi) is 5.14. The standard InChI is InChI=1S/C17H22N2O2/c1-3-5-12-19-15(13-10-7-6-8-11-13)16(20)18-14(9-4-2)17(19)21/h3,6-8,10-11,14-15H,1,4-5,9,12H2,2H3,(H,18,20). The quantitative estimate of drug-likeness (QED) is 0.817. The Morgan fingerprint density at radius 3 is 2.62 bits per heavy atom. The number of nitrogens with zero attached hydrogens (tertiary/aromatic N) is 1. The Morgan fingerprint density at radius 2 is 2.00 bits per heavy atom. The van der Waals surface area contributed by atoms with E-state index in [1.807, 2.05) is 37.3 Å². The summed E-state index contributed by atoms with van der Waals surface area (Å²) in [5.41, 5.74) is 0.849. The van der Waals surface area contributed by atoms with Crippen LogP contribution in [-0.2, 0) is 9.59 Å². The molecule has 1 aliphatic rings. The van der Waals surface area contributed by atoms with Gasteiger partial charge in [0, 0.05) is 6.54 Å². The van der Waals surface area contributed by atoms with Gasteiger partial charge < -0.3 is 10.2 Å². The highest BCUT2D eigenvalue weighted by molar-refractivity contribution is 5.97. The molecule has 0 bridgehead atoms. The highest BCUT2D eigenvalue weighted by atomic mass is 16.2. The van der Waals surface area contributed by atoms with Crippen LogP contribution >= 0.6 is 0 Å². The number of benzene rings is 1. The van der Waals surface area contributed by atoms with Crippen LogP contribution in [0, 0.1) is 0 Å². The molecule has 1 aromatic carbocycles.